The second-order valence-electron chi connectivity index (χ2n) is 4.28. The lowest BCUT2D eigenvalue weighted by molar-refractivity contribution is 0.173. The van der Waals surface area contributed by atoms with Crippen molar-refractivity contribution in [1.29, 1.82) is 0 Å². The standard InChI is InChI=1S/C14H15F2NO/c1-2-14(18)10-5-6-17(8-10)9-11-7-12(15)3-4-13(11)16/h3-8,14,18H,2,9H2,1H3. The van der Waals surface area contributed by atoms with E-state index in [1.165, 1.54) is 6.07 Å². The molecule has 1 N–H and O–H groups in total. The molecule has 0 saturated heterocycles. The van der Waals surface area contributed by atoms with Crippen molar-refractivity contribution in [3.05, 3.63) is 59.4 Å². The highest BCUT2D eigenvalue weighted by Gasteiger charge is 2.08. The molecule has 2 nitrogen and oxygen atoms in total. The molecule has 1 heterocycles. The first kappa shape index (κ1) is 12.8. The Morgan fingerprint density at radius 1 is 1.28 bits per heavy atom. The number of halogens is 2. The van der Waals surface area contributed by atoms with E-state index in [1.54, 1.807) is 23.0 Å². The zero-order chi connectivity index (χ0) is 13.1. The number of benzene rings is 1. The van der Waals surface area contributed by atoms with Crippen molar-refractivity contribution >= 4 is 0 Å². The Morgan fingerprint density at radius 3 is 2.78 bits per heavy atom. The van der Waals surface area contributed by atoms with Gasteiger partial charge in [-0.3, -0.25) is 0 Å². The predicted octanol–water partition coefficient (Wildman–Crippen LogP) is 3.26. The van der Waals surface area contributed by atoms with Gasteiger partial charge in [-0.05, 0) is 36.2 Å². The van der Waals surface area contributed by atoms with E-state index in [-0.39, 0.29) is 6.54 Å². The van der Waals surface area contributed by atoms with Gasteiger partial charge in [0.15, 0.2) is 0 Å². The lowest BCUT2D eigenvalue weighted by Gasteiger charge is -2.06. The van der Waals surface area contributed by atoms with Crippen LogP contribution in [0.4, 0.5) is 8.78 Å². The molecular weight excluding hydrogens is 236 g/mol. The van der Waals surface area contributed by atoms with E-state index in [4.69, 9.17) is 0 Å². The topological polar surface area (TPSA) is 25.2 Å². The molecule has 18 heavy (non-hydrogen) atoms. The van der Waals surface area contributed by atoms with Crippen molar-refractivity contribution in [3.63, 3.8) is 0 Å². The molecule has 0 radical (unpaired) electrons. The number of nitrogens with zero attached hydrogens (tertiary/aromatic N) is 1. The number of aliphatic hydroxyl groups is 1. The first-order valence-corrected chi connectivity index (χ1v) is 5.88. The van der Waals surface area contributed by atoms with Crippen LogP contribution < -0.4 is 0 Å². The van der Waals surface area contributed by atoms with Crippen molar-refractivity contribution in [2.24, 2.45) is 0 Å². The third kappa shape index (κ3) is 2.76. The number of rotatable bonds is 4. The summed E-state index contributed by atoms with van der Waals surface area (Å²) < 4.78 is 28.2. The van der Waals surface area contributed by atoms with Gasteiger partial charge in [0, 0.05) is 24.5 Å². The average molecular weight is 251 g/mol. The largest absolute Gasteiger partial charge is 0.388 e. The molecule has 0 amide bonds. The van der Waals surface area contributed by atoms with Gasteiger partial charge in [0.1, 0.15) is 11.6 Å². The summed E-state index contributed by atoms with van der Waals surface area (Å²) in [6, 6.07) is 5.19. The zero-order valence-electron chi connectivity index (χ0n) is 10.1. The maximum Gasteiger partial charge on any atom is 0.128 e. The molecule has 1 unspecified atom stereocenters. The van der Waals surface area contributed by atoms with Gasteiger partial charge in [-0.25, -0.2) is 8.78 Å². The molecule has 0 bridgehead atoms. The molecule has 0 aliphatic rings. The number of aliphatic hydroxyl groups excluding tert-OH is 1. The average Bonchev–Trinajstić information content (AvgIpc) is 2.81. The SMILES string of the molecule is CCC(O)c1ccn(Cc2cc(F)ccc2F)c1. The van der Waals surface area contributed by atoms with Crippen molar-refractivity contribution in [2.45, 2.75) is 26.0 Å². The van der Waals surface area contributed by atoms with Crippen LogP contribution in [0, 0.1) is 11.6 Å². The summed E-state index contributed by atoms with van der Waals surface area (Å²) in [6.07, 6.45) is 3.61. The molecule has 2 rings (SSSR count). The summed E-state index contributed by atoms with van der Waals surface area (Å²) in [4.78, 5) is 0. The molecule has 0 fully saturated rings. The van der Waals surface area contributed by atoms with E-state index in [1.807, 2.05) is 6.92 Å². The van der Waals surface area contributed by atoms with Gasteiger partial charge in [-0.1, -0.05) is 6.92 Å². The second kappa shape index (κ2) is 5.31. The van der Waals surface area contributed by atoms with Crippen LogP contribution in [0.25, 0.3) is 0 Å². The van der Waals surface area contributed by atoms with Crippen molar-refractivity contribution in [3.8, 4) is 0 Å². The Hall–Kier alpha value is -1.68. The molecule has 1 aromatic heterocycles. The third-order valence-corrected chi connectivity index (χ3v) is 2.91. The van der Waals surface area contributed by atoms with E-state index < -0.39 is 17.7 Å². The van der Waals surface area contributed by atoms with Crippen LogP contribution in [0.1, 0.15) is 30.6 Å². The van der Waals surface area contributed by atoms with Crippen LogP contribution in [-0.2, 0) is 6.54 Å². The fraction of sp³-hybridized carbons (Fsp3) is 0.286. The molecule has 4 heteroatoms. The lowest BCUT2D eigenvalue weighted by atomic mass is 10.1. The summed E-state index contributed by atoms with van der Waals surface area (Å²) in [6.45, 7) is 2.13. The fourth-order valence-corrected chi connectivity index (χ4v) is 1.85. The maximum absolute atomic E-state index is 13.5. The molecular formula is C14H15F2NO. The number of hydrogen-bond acceptors (Lipinski definition) is 1. The molecule has 0 spiro atoms. The zero-order valence-corrected chi connectivity index (χ0v) is 10.1. The Balaban J connectivity index is 2.18. The first-order chi connectivity index (χ1) is 8.60. The quantitative estimate of drug-likeness (QED) is 0.886. The minimum Gasteiger partial charge on any atom is -0.388 e. The number of hydrogen-bond donors (Lipinski definition) is 1. The molecule has 1 atom stereocenters. The molecule has 0 aliphatic heterocycles. The van der Waals surface area contributed by atoms with E-state index in [0.29, 0.717) is 12.0 Å². The smallest absolute Gasteiger partial charge is 0.128 e. The van der Waals surface area contributed by atoms with Gasteiger partial charge in [0.2, 0.25) is 0 Å². The molecule has 0 aliphatic carbocycles. The van der Waals surface area contributed by atoms with Gasteiger partial charge >= 0.3 is 0 Å². The summed E-state index contributed by atoms with van der Waals surface area (Å²) >= 11 is 0. The maximum atomic E-state index is 13.5. The minimum absolute atomic E-state index is 0.250. The number of aromatic nitrogens is 1. The Bertz CT molecular complexity index is 536. The normalized spacial score (nSPS) is 12.7. The highest BCUT2D eigenvalue weighted by Crippen LogP contribution is 2.18. The van der Waals surface area contributed by atoms with Gasteiger partial charge in [-0.15, -0.1) is 0 Å². The van der Waals surface area contributed by atoms with Gasteiger partial charge in [0.25, 0.3) is 0 Å². The highest BCUT2D eigenvalue weighted by molar-refractivity contribution is 5.21. The summed E-state index contributed by atoms with van der Waals surface area (Å²) in [5.74, 6) is -0.880. The summed E-state index contributed by atoms with van der Waals surface area (Å²) in [5, 5.41) is 9.66. The Morgan fingerprint density at radius 2 is 2.06 bits per heavy atom. The predicted molar refractivity (Wildman–Crippen MR) is 65.1 cm³/mol. The Labute approximate surface area is 104 Å². The van der Waals surface area contributed by atoms with E-state index in [2.05, 4.69) is 0 Å². The van der Waals surface area contributed by atoms with Crippen LogP contribution >= 0.6 is 0 Å². The van der Waals surface area contributed by atoms with E-state index in [9.17, 15) is 13.9 Å². The molecule has 96 valence electrons. The Kier molecular flexibility index (Phi) is 3.77. The van der Waals surface area contributed by atoms with Crippen molar-refractivity contribution in [2.75, 3.05) is 0 Å². The summed E-state index contributed by atoms with van der Waals surface area (Å²) in [5.41, 5.74) is 1.08. The van der Waals surface area contributed by atoms with Crippen LogP contribution in [0.5, 0.6) is 0 Å². The molecule has 1 aromatic carbocycles. The second-order valence-corrected chi connectivity index (χ2v) is 4.28. The minimum atomic E-state index is -0.511. The van der Waals surface area contributed by atoms with E-state index >= 15 is 0 Å². The van der Waals surface area contributed by atoms with Crippen LogP contribution in [-0.4, -0.2) is 9.67 Å². The third-order valence-electron chi connectivity index (χ3n) is 2.91. The van der Waals surface area contributed by atoms with Crippen LogP contribution in [0.3, 0.4) is 0 Å². The molecule has 2 aromatic rings. The first-order valence-electron chi connectivity index (χ1n) is 5.88. The monoisotopic (exact) mass is 251 g/mol. The van der Waals surface area contributed by atoms with Gasteiger partial charge in [-0.2, -0.15) is 0 Å². The molecule has 0 saturated carbocycles. The van der Waals surface area contributed by atoms with Crippen LogP contribution in [0.15, 0.2) is 36.7 Å². The lowest BCUT2D eigenvalue weighted by Crippen LogP contribution is -2.00. The summed E-state index contributed by atoms with van der Waals surface area (Å²) in [7, 11) is 0. The highest BCUT2D eigenvalue weighted by atomic mass is 19.1. The van der Waals surface area contributed by atoms with Crippen LogP contribution in [0.2, 0.25) is 0 Å². The van der Waals surface area contributed by atoms with Crippen molar-refractivity contribution < 1.29 is 13.9 Å². The fourth-order valence-electron chi connectivity index (χ4n) is 1.85. The van der Waals surface area contributed by atoms with Gasteiger partial charge in [0.05, 0.1) is 6.10 Å². The van der Waals surface area contributed by atoms with Crippen molar-refractivity contribution in [1.82, 2.24) is 4.57 Å². The van der Waals surface area contributed by atoms with Gasteiger partial charge < -0.3 is 9.67 Å². The van der Waals surface area contributed by atoms with E-state index in [0.717, 1.165) is 17.7 Å².